The number of fused-ring (bicyclic) bond motifs is 1. The molecule has 0 radical (unpaired) electrons. The largest absolute Gasteiger partial charge is 0.435 e. The van der Waals surface area contributed by atoms with Crippen molar-refractivity contribution in [2.24, 2.45) is 0 Å². The summed E-state index contributed by atoms with van der Waals surface area (Å²) < 4.78 is 31.3. The number of imidazole rings is 1. The van der Waals surface area contributed by atoms with Crippen LogP contribution >= 0.6 is 0 Å². The number of halogens is 2. The van der Waals surface area contributed by atoms with Crippen molar-refractivity contribution in [3.05, 3.63) is 83.8 Å². The predicted octanol–water partition coefficient (Wildman–Crippen LogP) is 4.25. The van der Waals surface area contributed by atoms with Crippen molar-refractivity contribution in [1.29, 1.82) is 0 Å². The highest BCUT2D eigenvalue weighted by Crippen LogP contribution is 2.28. The average Bonchev–Trinajstić information content (AvgIpc) is 3.46. The fourth-order valence-electron chi connectivity index (χ4n) is 5.45. The average molecular weight is 588 g/mol. The number of benzene rings is 2. The summed E-state index contributed by atoms with van der Waals surface area (Å²) in [7, 11) is 0. The molecule has 6 rings (SSSR count). The van der Waals surface area contributed by atoms with Gasteiger partial charge in [-0.3, -0.25) is 14.0 Å². The van der Waals surface area contributed by atoms with Crippen LogP contribution in [0, 0.1) is 6.92 Å². The van der Waals surface area contributed by atoms with Crippen molar-refractivity contribution in [2.45, 2.75) is 20.0 Å². The van der Waals surface area contributed by atoms with Crippen molar-refractivity contribution in [3.8, 4) is 17.0 Å². The molecule has 2 N–H and O–H groups in total. The zero-order chi connectivity index (χ0) is 29.9. The van der Waals surface area contributed by atoms with Crippen molar-refractivity contribution >= 4 is 29.0 Å². The molecule has 43 heavy (non-hydrogen) atoms. The monoisotopic (exact) mass is 587 g/mol. The number of hydrogen-bond acceptors (Lipinski definition) is 7. The van der Waals surface area contributed by atoms with Gasteiger partial charge in [0.1, 0.15) is 5.75 Å². The number of nitrogens with one attached hydrogen (secondary N) is 2. The number of carbonyl (C=O) groups excluding carboxylic acids is 2. The van der Waals surface area contributed by atoms with Gasteiger partial charge >= 0.3 is 6.61 Å². The Morgan fingerprint density at radius 2 is 1.74 bits per heavy atom. The highest BCUT2D eigenvalue weighted by Gasteiger charge is 2.27. The van der Waals surface area contributed by atoms with Crippen LogP contribution in [-0.4, -0.2) is 81.9 Å². The number of carbonyl (C=O) groups is 2. The highest BCUT2D eigenvalue weighted by atomic mass is 19.3. The van der Waals surface area contributed by atoms with Gasteiger partial charge in [0.2, 0.25) is 5.91 Å². The molecule has 4 aromatic rings. The quantitative estimate of drug-likeness (QED) is 0.333. The summed E-state index contributed by atoms with van der Waals surface area (Å²) in [4.78, 5) is 38.8. The van der Waals surface area contributed by atoms with Crippen LogP contribution in [0.5, 0.6) is 5.75 Å². The summed E-state index contributed by atoms with van der Waals surface area (Å²) in [5, 5.41) is 6.52. The van der Waals surface area contributed by atoms with Crippen molar-refractivity contribution in [2.75, 3.05) is 44.6 Å². The number of aryl methyl sites for hydroxylation is 1. The summed E-state index contributed by atoms with van der Waals surface area (Å²) in [5.41, 5.74) is 5.14. The van der Waals surface area contributed by atoms with E-state index in [1.54, 1.807) is 41.7 Å². The standard InChI is InChI=1S/C31H31F2N7O3/c1-20-18-23(4-7-25(20)30(42)39-16-14-38(15-17-39)29(41)22-8-10-34-11-9-22)37-27-28-36-19-26(40(28)13-12-35-27)21-2-5-24(6-3-21)43-31(32)33/h2-8,12-13,18-19,31,34H,9-11,14-17H2,1H3,(H,35,37). The van der Waals surface area contributed by atoms with Gasteiger partial charge in [0.05, 0.1) is 11.9 Å². The van der Waals surface area contributed by atoms with E-state index in [1.165, 1.54) is 12.1 Å². The maximum absolute atomic E-state index is 13.4. The summed E-state index contributed by atoms with van der Waals surface area (Å²) in [6.07, 6.45) is 7.80. The van der Waals surface area contributed by atoms with Gasteiger partial charge in [-0.2, -0.15) is 8.78 Å². The summed E-state index contributed by atoms with van der Waals surface area (Å²) in [5.74, 6) is 0.623. The Kier molecular flexibility index (Phi) is 8.01. The van der Waals surface area contributed by atoms with Gasteiger partial charge in [0, 0.05) is 67.5 Å². The number of amides is 2. The summed E-state index contributed by atoms with van der Waals surface area (Å²) in [6, 6.07) is 11.9. The number of ether oxygens (including phenoxy) is 1. The van der Waals surface area contributed by atoms with Crippen LogP contribution in [0.4, 0.5) is 20.3 Å². The van der Waals surface area contributed by atoms with Gasteiger partial charge in [-0.1, -0.05) is 6.08 Å². The summed E-state index contributed by atoms with van der Waals surface area (Å²) in [6.45, 7) is 2.56. The Balaban J connectivity index is 1.13. The normalized spacial score (nSPS) is 15.5. The molecule has 0 unspecified atom stereocenters. The van der Waals surface area contributed by atoms with Gasteiger partial charge in [0.25, 0.3) is 5.91 Å². The smallest absolute Gasteiger partial charge is 0.387 e. The molecule has 2 aliphatic rings. The molecule has 2 aliphatic heterocycles. The molecule has 2 aromatic heterocycles. The van der Waals surface area contributed by atoms with E-state index in [9.17, 15) is 18.4 Å². The third kappa shape index (κ3) is 6.05. The first-order chi connectivity index (χ1) is 20.9. The Hall–Kier alpha value is -4.84. The van der Waals surface area contributed by atoms with Crippen LogP contribution in [0.2, 0.25) is 0 Å². The topological polar surface area (TPSA) is 104 Å². The van der Waals surface area contributed by atoms with Gasteiger partial charge in [0.15, 0.2) is 11.5 Å². The summed E-state index contributed by atoms with van der Waals surface area (Å²) >= 11 is 0. The minimum absolute atomic E-state index is 0.0553. The number of aromatic nitrogens is 3. The molecule has 0 bridgehead atoms. The Bertz CT molecular complexity index is 1680. The number of nitrogens with zero attached hydrogens (tertiary/aromatic N) is 5. The molecular weight excluding hydrogens is 556 g/mol. The molecule has 1 saturated heterocycles. The molecule has 0 saturated carbocycles. The lowest BCUT2D eigenvalue weighted by Crippen LogP contribution is -2.51. The van der Waals surface area contributed by atoms with Crippen LogP contribution in [-0.2, 0) is 4.79 Å². The zero-order valence-corrected chi connectivity index (χ0v) is 23.6. The minimum Gasteiger partial charge on any atom is -0.435 e. The molecule has 0 atom stereocenters. The first-order valence-electron chi connectivity index (χ1n) is 14.1. The fraction of sp³-hybridized carbons (Fsp3) is 0.290. The van der Waals surface area contributed by atoms with Crippen molar-refractivity contribution in [1.82, 2.24) is 29.5 Å². The van der Waals surface area contributed by atoms with E-state index >= 15 is 0 Å². The SMILES string of the molecule is Cc1cc(Nc2nccn3c(-c4ccc(OC(F)F)cc4)cnc23)ccc1C(=O)N1CCN(C(=O)C2=CCNCC2)CC1. The molecule has 0 aliphatic carbocycles. The molecule has 222 valence electrons. The van der Waals surface area contributed by atoms with Crippen molar-refractivity contribution in [3.63, 3.8) is 0 Å². The second kappa shape index (κ2) is 12.2. The lowest BCUT2D eigenvalue weighted by atomic mass is 10.1. The molecule has 4 heterocycles. The molecule has 12 heteroatoms. The molecule has 2 aromatic carbocycles. The second-order valence-electron chi connectivity index (χ2n) is 10.4. The van der Waals surface area contributed by atoms with Gasteiger partial charge in [-0.05, 0) is 67.9 Å². The first kappa shape index (κ1) is 28.3. The Morgan fingerprint density at radius 1 is 1.00 bits per heavy atom. The zero-order valence-electron chi connectivity index (χ0n) is 23.6. The van der Waals surface area contributed by atoms with E-state index in [2.05, 4.69) is 25.3 Å². The van der Waals surface area contributed by atoms with E-state index < -0.39 is 6.61 Å². The van der Waals surface area contributed by atoms with E-state index in [-0.39, 0.29) is 17.6 Å². The number of rotatable bonds is 7. The van der Waals surface area contributed by atoms with Gasteiger partial charge in [-0.25, -0.2) is 9.97 Å². The van der Waals surface area contributed by atoms with E-state index in [0.29, 0.717) is 43.2 Å². The highest BCUT2D eigenvalue weighted by molar-refractivity contribution is 5.97. The maximum atomic E-state index is 13.4. The van der Waals surface area contributed by atoms with E-state index in [0.717, 1.165) is 47.6 Å². The molecule has 1 fully saturated rings. The van der Waals surface area contributed by atoms with Crippen LogP contribution in [0.25, 0.3) is 16.9 Å². The molecule has 0 spiro atoms. The predicted molar refractivity (Wildman–Crippen MR) is 158 cm³/mol. The van der Waals surface area contributed by atoms with Crippen LogP contribution in [0.1, 0.15) is 22.3 Å². The Morgan fingerprint density at radius 3 is 2.42 bits per heavy atom. The van der Waals surface area contributed by atoms with E-state index in [1.807, 2.05) is 34.4 Å². The Labute approximate surface area is 247 Å². The maximum Gasteiger partial charge on any atom is 0.387 e. The van der Waals surface area contributed by atoms with Gasteiger partial charge < -0.3 is 25.2 Å². The van der Waals surface area contributed by atoms with Crippen molar-refractivity contribution < 1.29 is 23.1 Å². The lowest BCUT2D eigenvalue weighted by Gasteiger charge is -2.35. The van der Waals surface area contributed by atoms with Crippen LogP contribution in [0.3, 0.4) is 0 Å². The number of anilines is 2. The second-order valence-corrected chi connectivity index (χ2v) is 10.4. The van der Waals surface area contributed by atoms with Crippen LogP contribution < -0.4 is 15.4 Å². The molecule has 2 amide bonds. The number of alkyl halides is 2. The lowest BCUT2D eigenvalue weighted by molar-refractivity contribution is -0.128. The third-order valence-electron chi connectivity index (χ3n) is 7.72. The number of hydrogen-bond donors (Lipinski definition) is 2. The fourth-order valence-corrected chi connectivity index (χ4v) is 5.45. The first-order valence-corrected chi connectivity index (χ1v) is 14.1. The van der Waals surface area contributed by atoms with Gasteiger partial charge in [-0.15, -0.1) is 0 Å². The third-order valence-corrected chi connectivity index (χ3v) is 7.72. The molecule has 10 nitrogen and oxygen atoms in total. The molecular formula is C31H31F2N7O3. The van der Waals surface area contributed by atoms with Crippen LogP contribution in [0.15, 0.2) is 72.7 Å². The minimum atomic E-state index is -2.88. The van der Waals surface area contributed by atoms with E-state index in [4.69, 9.17) is 0 Å². The number of piperazine rings is 1.